The van der Waals surface area contributed by atoms with E-state index in [1.165, 1.54) is 34.3 Å². The van der Waals surface area contributed by atoms with E-state index in [9.17, 15) is 14.0 Å². The Labute approximate surface area is 182 Å². The van der Waals surface area contributed by atoms with Crippen LogP contribution in [0, 0.1) is 5.82 Å². The van der Waals surface area contributed by atoms with Crippen molar-refractivity contribution in [3.8, 4) is 0 Å². The van der Waals surface area contributed by atoms with Gasteiger partial charge in [-0.2, -0.15) is 0 Å². The van der Waals surface area contributed by atoms with Crippen molar-refractivity contribution in [1.29, 1.82) is 0 Å². The van der Waals surface area contributed by atoms with E-state index in [2.05, 4.69) is 0 Å². The Morgan fingerprint density at radius 1 is 1.27 bits per heavy atom. The standard InChI is InChI=1S/C22H24FN3O2S2/c1-3-26-21(28)19-16-6-4-5-7-17(16)30-20(19)24-22(26)29-13-18(27)25(2)12-14-8-10-15(23)11-9-14/h8-11H,3-7,12-13H2,1-2H3. The summed E-state index contributed by atoms with van der Waals surface area (Å²) < 4.78 is 14.7. The molecule has 0 radical (unpaired) electrons. The molecule has 4 rings (SSSR count). The Hall–Kier alpha value is -2.19. The summed E-state index contributed by atoms with van der Waals surface area (Å²) in [4.78, 5) is 34.2. The smallest absolute Gasteiger partial charge is 0.263 e. The highest BCUT2D eigenvalue weighted by Crippen LogP contribution is 2.34. The van der Waals surface area contributed by atoms with Gasteiger partial charge in [0, 0.05) is 25.0 Å². The number of nitrogens with zero attached hydrogens (tertiary/aromatic N) is 3. The molecule has 0 saturated carbocycles. The zero-order chi connectivity index (χ0) is 21.3. The molecule has 0 atom stereocenters. The van der Waals surface area contributed by atoms with E-state index in [-0.39, 0.29) is 23.0 Å². The minimum Gasteiger partial charge on any atom is -0.341 e. The van der Waals surface area contributed by atoms with Crippen molar-refractivity contribution < 1.29 is 9.18 Å². The average molecular weight is 446 g/mol. The van der Waals surface area contributed by atoms with Crippen LogP contribution in [0.4, 0.5) is 4.39 Å². The molecular weight excluding hydrogens is 421 g/mol. The zero-order valence-electron chi connectivity index (χ0n) is 17.1. The number of thioether (sulfide) groups is 1. The lowest BCUT2D eigenvalue weighted by Gasteiger charge is -2.17. The molecule has 0 N–H and O–H groups in total. The summed E-state index contributed by atoms with van der Waals surface area (Å²) in [7, 11) is 1.73. The van der Waals surface area contributed by atoms with Crippen LogP contribution in [-0.4, -0.2) is 33.2 Å². The van der Waals surface area contributed by atoms with E-state index in [0.29, 0.717) is 18.2 Å². The van der Waals surface area contributed by atoms with Crippen molar-refractivity contribution in [2.45, 2.75) is 50.9 Å². The summed E-state index contributed by atoms with van der Waals surface area (Å²) in [6.45, 7) is 2.86. The summed E-state index contributed by atoms with van der Waals surface area (Å²) >= 11 is 2.93. The molecular formula is C22H24FN3O2S2. The second-order valence-electron chi connectivity index (χ2n) is 7.50. The summed E-state index contributed by atoms with van der Waals surface area (Å²) in [5, 5.41) is 1.37. The topological polar surface area (TPSA) is 55.2 Å². The predicted octanol–water partition coefficient (Wildman–Crippen LogP) is 4.25. The van der Waals surface area contributed by atoms with Gasteiger partial charge in [-0.1, -0.05) is 23.9 Å². The third-order valence-electron chi connectivity index (χ3n) is 5.44. The molecule has 2 aromatic heterocycles. The van der Waals surface area contributed by atoms with Crippen molar-refractivity contribution in [3.05, 3.63) is 56.4 Å². The van der Waals surface area contributed by atoms with E-state index in [0.717, 1.165) is 41.5 Å². The van der Waals surface area contributed by atoms with Gasteiger partial charge in [0.05, 0.1) is 11.1 Å². The molecule has 3 aromatic rings. The van der Waals surface area contributed by atoms with E-state index in [1.54, 1.807) is 40.0 Å². The number of halogens is 1. The molecule has 30 heavy (non-hydrogen) atoms. The van der Waals surface area contributed by atoms with Gasteiger partial charge in [0.25, 0.3) is 5.56 Å². The number of rotatable bonds is 6. The van der Waals surface area contributed by atoms with Gasteiger partial charge in [-0.05, 0) is 55.9 Å². The van der Waals surface area contributed by atoms with Gasteiger partial charge in [0.2, 0.25) is 5.91 Å². The van der Waals surface area contributed by atoms with Crippen LogP contribution >= 0.6 is 23.1 Å². The molecule has 1 amide bonds. The fourth-order valence-corrected chi connectivity index (χ4v) is 6.10. The van der Waals surface area contributed by atoms with E-state index in [1.807, 2.05) is 6.92 Å². The monoisotopic (exact) mass is 445 g/mol. The number of thiophene rings is 1. The zero-order valence-corrected chi connectivity index (χ0v) is 18.7. The SMILES string of the molecule is CCn1c(SCC(=O)N(C)Cc2ccc(F)cc2)nc2sc3c(c2c1=O)CCCC3. The summed E-state index contributed by atoms with van der Waals surface area (Å²) in [6, 6.07) is 6.13. The Balaban J connectivity index is 1.52. The first kappa shape index (κ1) is 21.1. The molecule has 1 aromatic carbocycles. The Bertz CT molecular complexity index is 1140. The van der Waals surface area contributed by atoms with Crippen LogP contribution in [-0.2, 0) is 30.7 Å². The number of carbonyl (C=O) groups excluding carboxylic acids is 1. The Kier molecular flexibility index (Phi) is 6.24. The van der Waals surface area contributed by atoms with Crippen molar-refractivity contribution in [1.82, 2.24) is 14.5 Å². The molecule has 0 unspecified atom stereocenters. The second-order valence-corrected chi connectivity index (χ2v) is 9.53. The normalized spacial score (nSPS) is 13.4. The molecule has 0 saturated heterocycles. The lowest BCUT2D eigenvalue weighted by atomic mass is 9.97. The lowest BCUT2D eigenvalue weighted by molar-refractivity contribution is -0.127. The Morgan fingerprint density at radius 2 is 2.00 bits per heavy atom. The molecule has 8 heteroatoms. The largest absolute Gasteiger partial charge is 0.341 e. The molecule has 1 aliphatic carbocycles. The van der Waals surface area contributed by atoms with E-state index >= 15 is 0 Å². The minimum absolute atomic E-state index is 0.0107. The van der Waals surface area contributed by atoms with Gasteiger partial charge in [-0.15, -0.1) is 11.3 Å². The van der Waals surface area contributed by atoms with Gasteiger partial charge in [0.15, 0.2) is 5.16 Å². The number of hydrogen-bond donors (Lipinski definition) is 0. The van der Waals surface area contributed by atoms with Crippen LogP contribution in [0.5, 0.6) is 0 Å². The molecule has 5 nitrogen and oxygen atoms in total. The van der Waals surface area contributed by atoms with Gasteiger partial charge in [0.1, 0.15) is 10.6 Å². The second kappa shape index (κ2) is 8.89. The molecule has 0 fully saturated rings. The molecule has 158 valence electrons. The lowest BCUT2D eigenvalue weighted by Crippen LogP contribution is -2.28. The number of fused-ring (bicyclic) bond motifs is 3. The van der Waals surface area contributed by atoms with E-state index in [4.69, 9.17) is 4.98 Å². The fourth-order valence-electron chi connectivity index (χ4n) is 3.80. The molecule has 0 bridgehead atoms. The van der Waals surface area contributed by atoms with Crippen molar-refractivity contribution in [2.24, 2.45) is 0 Å². The number of benzene rings is 1. The van der Waals surface area contributed by atoms with Crippen LogP contribution in [0.25, 0.3) is 10.2 Å². The van der Waals surface area contributed by atoms with Crippen LogP contribution in [0.15, 0.2) is 34.2 Å². The first-order chi connectivity index (χ1) is 14.5. The minimum atomic E-state index is -0.294. The van der Waals surface area contributed by atoms with Crippen LogP contribution in [0.1, 0.15) is 35.8 Å². The van der Waals surface area contributed by atoms with Crippen molar-refractivity contribution in [3.63, 3.8) is 0 Å². The molecule has 2 heterocycles. The average Bonchev–Trinajstić information content (AvgIpc) is 3.12. The maximum Gasteiger partial charge on any atom is 0.263 e. The number of amides is 1. The fraction of sp³-hybridized carbons (Fsp3) is 0.409. The molecule has 1 aliphatic rings. The summed E-state index contributed by atoms with van der Waals surface area (Å²) in [5.74, 6) is -0.162. The quantitative estimate of drug-likeness (QED) is 0.421. The van der Waals surface area contributed by atoms with Crippen LogP contribution in [0.3, 0.4) is 0 Å². The third-order valence-corrected chi connectivity index (χ3v) is 7.59. The van der Waals surface area contributed by atoms with Gasteiger partial charge < -0.3 is 4.90 Å². The number of aryl methyl sites for hydroxylation is 2. The van der Waals surface area contributed by atoms with Crippen LogP contribution < -0.4 is 5.56 Å². The first-order valence-electron chi connectivity index (χ1n) is 10.1. The van der Waals surface area contributed by atoms with Crippen molar-refractivity contribution >= 4 is 39.2 Å². The predicted molar refractivity (Wildman–Crippen MR) is 120 cm³/mol. The van der Waals surface area contributed by atoms with E-state index < -0.39 is 0 Å². The number of hydrogen-bond acceptors (Lipinski definition) is 5. The van der Waals surface area contributed by atoms with Crippen molar-refractivity contribution in [2.75, 3.05) is 12.8 Å². The van der Waals surface area contributed by atoms with Crippen LogP contribution in [0.2, 0.25) is 0 Å². The Morgan fingerprint density at radius 3 is 2.73 bits per heavy atom. The summed E-state index contributed by atoms with van der Waals surface area (Å²) in [6.07, 6.45) is 4.26. The van der Waals surface area contributed by atoms with Gasteiger partial charge in [-0.25, -0.2) is 9.37 Å². The maximum atomic E-state index is 13.2. The number of carbonyl (C=O) groups is 1. The molecule has 0 aliphatic heterocycles. The highest BCUT2D eigenvalue weighted by molar-refractivity contribution is 7.99. The van der Waals surface area contributed by atoms with Gasteiger partial charge >= 0.3 is 0 Å². The third kappa shape index (κ3) is 4.16. The maximum absolute atomic E-state index is 13.2. The summed E-state index contributed by atoms with van der Waals surface area (Å²) in [5.41, 5.74) is 2.07. The van der Waals surface area contributed by atoms with Gasteiger partial charge in [-0.3, -0.25) is 14.2 Å². The molecule has 0 spiro atoms. The first-order valence-corrected chi connectivity index (χ1v) is 11.9. The number of aromatic nitrogens is 2. The highest BCUT2D eigenvalue weighted by Gasteiger charge is 2.22. The highest BCUT2D eigenvalue weighted by atomic mass is 32.2.